The normalized spacial score (nSPS) is 21.6. The first kappa shape index (κ1) is 10.4. The monoisotopic (exact) mass is 213 g/mol. The van der Waals surface area contributed by atoms with Gasteiger partial charge in [-0.1, -0.05) is 12.5 Å². The third-order valence-corrected chi connectivity index (χ3v) is 2.78. The fourth-order valence-corrected chi connectivity index (χ4v) is 1.94. The lowest BCUT2D eigenvalue weighted by molar-refractivity contribution is 0.374. The summed E-state index contributed by atoms with van der Waals surface area (Å²) in [5.41, 5.74) is 0.310. The molecule has 0 aromatic heterocycles. The van der Waals surface area contributed by atoms with Crippen molar-refractivity contribution in [2.75, 3.05) is 6.54 Å². The molecule has 2 nitrogen and oxygen atoms in total. The molecular weight excluding hydrogens is 200 g/mol. The lowest BCUT2D eigenvalue weighted by Gasteiger charge is -2.24. The summed E-state index contributed by atoms with van der Waals surface area (Å²) in [5.74, 6) is -2.72. The number of phenolic OH excluding ortho intramolecular Hbond substituents is 1. The predicted octanol–water partition coefficient (Wildman–Crippen LogP) is 2.49. The van der Waals surface area contributed by atoms with Crippen molar-refractivity contribution in [2.45, 2.75) is 25.3 Å². The van der Waals surface area contributed by atoms with Crippen LogP contribution in [0.2, 0.25) is 0 Å². The second kappa shape index (κ2) is 4.14. The van der Waals surface area contributed by atoms with E-state index in [1.165, 1.54) is 12.1 Å². The van der Waals surface area contributed by atoms with Crippen molar-refractivity contribution in [3.05, 3.63) is 29.3 Å². The first-order chi connectivity index (χ1) is 7.20. The predicted molar refractivity (Wildman–Crippen MR) is 52.6 cm³/mol. The fraction of sp³-hybridized carbons (Fsp3) is 0.455. The summed E-state index contributed by atoms with van der Waals surface area (Å²) < 4.78 is 26.6. The molecule has 1 unspecified atom stereocenters. The molecule has 82 valence electrons. The van der Waals surface area contributed by atoms with Gasteiger partial charge in [0.1, 0.15) is 0 Å². The van der Waals surface area contributed by atoms with Gasteiger partial charge >= 0.3 is 0 Å². The lowest BCUT2D eigenvalue weighted by atomic mass is 9.97. The van der Waals surface area contributed by atoms with E-state index in [0.29, 0.717) is 5.56 Å². The Morgan fingerprint density at radius 1 is 1.20 bits per heavy atom. The van der Waals surface area contributed by atoms with E-state index in [4.69, 9.17) is 5.11 Å². The minimum atomic E-state index is -1.15. The largest absolute Gasteiger partial charge is 0.505 e. The van der Waals surface area contributed by atoms with Crippen molar-refractivity contribution in [3.8, 4) is 5.75 Å². The number of halogens is 2. The molecule has 1 aromatic carbocycles. The molecule has 0 bridgehead atoms. The molecule has 0 saturated carbocycles. The van der Waals surface area contributed by atoms with Crippen LogP contribution in [0.1, 0.15) is 30.9 Å². The molecule has 0 amide bonds. The molecule has 1 saturated heterocycles. The minimum absolute atomic E-state index is 0.131. The molecule has 0 aliphatic carbocycles. The molecule has 1 aliphatic rings. The Bertz CT molecular complexity index is 362. The van der Waals surface area contributed by atoms with Crippen LogP contribution >= 0.6 is 0 Å². The average molecular weight is 213 g/mol. The highest BCUT2D eigenvalue weighted by Gasteiger charge is 2.21. The van der Waals surface area contributed by atoms with Crippen LogP contribution in [0, 0.1) is 11.6 Å². The molecule has 1 aromatic rings. The average Bonchev–Trinajstić information content (AvgIpc) is 2.27. The smallest absolute Gasteiger partial charge is 0.200 e. The number of phenols is 1. The number of rotatable bonds is 1. The van der Waals surface area contributed by atoms with Crippen molar-refractivity contribution in [1.29, 1.82) is 0 Å². The van der Waals surface area contributed by atoms with Gasteiger partial charge in [0, 0.05) is 11.6 Å². The van der Waals surface area contributed by atoms with E-state index in [2.05, 4.69) is 5.32 Å². The number of benzene rings is 1. The summed E-state index contributed by atoms with van der Waals surface area (Å²) in [4.78, 5) is 0. The minimum Gasteiger partial charge on any atom is -0.505 e. The Morgan fingerprint density at radius 3 is 2.67 bits per heavy atom. The van der Waals surface area contributed by atoms with E-state index in [1.54, 1.807) is 0 Å². The molecule has 1 atom stereocenters. The van der Waals surface area contributed by atoms with Gasteiger partial charge in [-0.15, -0.1) is 0 Å². The molecule has 15 heavy (non-hydrogen) atoms. The molecule has 2 N–H and O–H groups in total. The number of hydrogen-bond donors (Lipinski definition) is 2. The van der Waals surface area contributed by atoms with Crippen LogP contribution in [0.3, 0.4) is 0 Å². The quantitative estimate of drug-likeness (QED) is 0.751. The Hall–Kier alpha value is -1.16. The highest BCUT2D eigenvalue weighted by Crippen LogP contribution is 2.29. The van der Waals surface area contributed by atoms with Gasteiger partial charge in [0.2, 0.25) is 5.82 Å². The number of hydrogen-bond acceptors (Lipinski definition) is 2. The Kier molecular flexibility index (Phi) is 2.86. The maximum Gasteiger partial charge on any atom is 0.200 e. The maximum absolute atomic E-state index is 13.5. The number of piperidine rings is 1. The van der Waals surface area contributed by atoms with Crippen LogP contribution in [0.4, 0.5) is 8.78 Å². The van der Waals surface area contributed by atoms with E-state index in [9.17, 15) is 8.78 Å². The molecular formula is C11H13F2NO. The first-order valence-electron chi connectivity index (χ1n) is 5.10. The molecule has 1 fully saturated rings. The Labute approximate surface area is 86.9 Å². The summed E-state index contributed by atoms with van der Waals surface area (Å²) in [6.07, 6.45) is 2.89. The SMILES string of the molecule is Oc1ccc(C2CCCCN2)c(F)c1F. The maximum atomic E-state index is 13.5. The summed E-state index contributed by atoms with van der Waals surface area (Å²) in [6, 6.07) is 2.51. The van der Waals surface area contributed by atoms with Gasteiger partial charge in [-0.05, 0) is 25.5 Å². The summed E-state index contributed by atoms with van der Waals surface area (Å²) >= 11 is 0. The van der Waals surface area contributed by atoms with Gasteiger partial charge in [-0.25, -0.2) is 4.39 Å². The van der Waals surface area contributed by atoms with Crippen LogP contribution in [0.5, 0.6) is 5.75 Å². The highest BCUT2D eigenvalue weighted by atomic mass is 19.2. The van der Waals surface area contributed by atoms with Crippen molar-refractivity contribution in [3.63, 3.8) is 0 Å². The number of nitrogens with one attached hydrogen (secondary N) is 1. The van der Waals surface area contributed by atoms with Gasteiger partial charge in [0.15, 0.2) is 11.6 Å². The second-order valence-corrected chi connectivity index (χ2v) is 3.80. The van der Waals surface area contributed by atoms with E-state index < -0.39 is 17.4 Å². The van der Waals surface area contributed by atoms with E-state index >= 15 is 0 Å². The zero-order chi connectivity index (χ0) is 10.8. The third-order valence-electron chi connectivity index (χ3n) is 2.78. The lowest BCUT2D eigenvalue weighted by Crippen LogP contribution is -2.27. The second-order valence-electron chi connectivity index (χ2n) is 3.80. The molecule has 1 heterocycles. The highest BCUT2D eigenvalue weighted by molar-refractivity contribution is 5.31. The molecule has 2 rings (SSSR count). The topological polar surface area (TPSA) is 32.3 Å². The van der Waals surface area contributed by atoms with Crippen molar-refractivity contribution in [2.24, 2.45) is 0 Å². The van der Waals surface area contributed by atoms with Crippen molar-refractivity contribution < 1.29 is 13.9 Å². The zero-order valence-electron chi connectivity index (χ0n) is 8.26. The van der Waals surface area contributed by atoms with Crippen LogP contribution in [-0.2, 0) is 0 Å². The summed E-state index contributed by atoms with van der Waals surface area (Å²) in [7, 11) is 0. The fourth-order valence-electron chi connectivity index (χ4n) is 1.94. The number of aromatic hydroxyl groups is 1. The van der Waals surface area contributed by atoms with Gasteiger partial charge in [0.05, 0.1) is 0 Å². The van der Waals surface area contributed by atoms with Gasteiger partial charge in [-0.3, -0.25) is 0 Å². The Balaban J connectivity index is 2.31. The van der Waals surface area contributed by atoms with E-state index in [-0.39, 0.29) is 6.04 Å². The molecule has 0 radical (unpaired) electrons. The van der Waals surface area contributed by atoms with Crippen LogP contribution in [0.25, 0.3) is 0 Å². The van der Waals surface area contributed by atoms with Crippen molar-refractivity contribution in [1.82, 2.24) is 5.32 Å². The van der Waals surface area contributed by atoms with Gasteiger partial charge in [-0.2, -0.15) is 4.39 Å². The standard InChI is InChI=1S/C11H13F2NO/c12-10-7(4-5-9(15)11(10)13)8-3-1-2-6-14-8/h4-5,8,14-15H,1-3,6H2. The first-order valence-corrected chi connectivity index (χ1v) is 5.10. The van der Waals surface area contributed by atoms with Gasteiger partial charge < -0.3 is 10.4 Å². The van der Waals surface area contributed by atoms with Gasteiger partial charge in [0.25, 0.3) is 0 Å². The third kappa shape index (κ3) is 1.95. The molecule has 0 spiro atoms. The molecule has 4 heteroatoms. The summed E-state index contributed by atoms with van der Waals surface area (Å²) in [6.45, 7) is 0.826. The zero-order valence-corrected chi connectivity index (χ0v) is 8.26. The van der Waals surface area contributed by atoms with Crippen molar-refractivity contribution >= 4 is 0 Å². The molecule has 1 aliphatic heterocycles. The van der Waals surface area contributed by atoms with E-state index in [1.807, 2.05) is 0 Å². The van der Waals surface area contributed by atoms with E-state index in [0.717, 1.165) is 25.8 Å². The Morgan fingerprint density at radius 2 is 2.00 bits per heavy atom. The summed E-state index contributed by atoms with van der Waals surface area (Å²) in [5, 5.41) is 12.1. The van der Waals surface area contributed by atoms with Crippen LogP contribution in [0.15, 0.2) is 12.1 Å². The van der Waals surface area contributed by atoms with Crippen LogP contribution < -0.4 is 5.32 Å². The van der Waals surface area contributed by atoms with Crippen LogP contribution in [-0.4, -0.2) is 11.7 Å².